The molecule has 5 heterocycles. The SMILES string of the molecule is COc1cc(N2CCC(N3CCN(C)CC3)CC2)c(C)cc1Nc1nc(Nc2cnc3ccccc3c2P(C)(C)=O)c2cc[nH]c2n1. The summed E-state index contributed by atoms with van der Waals surface area (Å²) in [6.07, 6.45) is 5.92. The van der Waals surface area contributed by atoms with E-state index in [1.54, 1.807) is 26.6 Å². The van der Waals surface area contributed by atoms with Crippen molar-refractivity contribution in [1.29, 1.82) is 0 Å². The van der Waals surface area contributed by atoms with Gasteiger partial charge in [0.1, 0.15) is 24.4 Å². The Balaban J connectivity index is 1.15. The number of para-hydroxylation sites is 1. The predicted molar refractivity (Wildman–Crippen MR) is 193 cm³/mol. The Morgan fingerprint density at radius 2 is 1.70 bits per heavy atom. The van der Waals surface area contributed by atoms with Gasteiger partial charge in [-0.3, -0.25) is 9.88 Å². The number of piperidine rings is 1. The van der Waals surface area contributed by atoms with Gasteiger partial charge >= 0.3 is 0 Å². The van der Waals surface area contributed by atoms with Crippen LogP contribution in [-0.2, 0) is 4.57 Å². The predicted octanol–water partition coefficient (Wildman–Crippen LogP) is 5.77. The van der Waals surface area contributed by atoms with Gasteiger partial charge < -0.3 is 34.7 Å². The summed E-state index contributed by atoms with van der Waals surface area (Å²) in [5.41, 5.74) is 5.30. The van der Waals surface area contributed by atoms with Crippen molar-refractivity contribution in [2.45, 2.75) is 25.8 Å². The first-order valence-electron chi connectivity index (χ1n) is 16.4. The van der Waals surface area contributed by atoms with Crippen molar-refractivity contribution in [3.8, 4) is 5.75 Å². The van der Waals surface area contributed by atoms with E-state index >= 15 is 0 Å². The number of nitrogens with zero attached hydrogens (tertiary/aromatic N) is 6. The fraction of sp³-hybridized carbons (Fsp3) is 0.400. The van der Waals surface area contributed by atoms with Crippen LogP contribution in [0.2, 0.25) is 0 Å². The summed E-state index contributed by atoms with van der Waals surface area (Å²) in [7, 11) is 1.22. The van der Waals surface area contributed by atoms with Crippen molar-refractivity contribution < 1.29 is 9.30 Å². The zero-order valence-electron chi connectivity index (χ0n) is 27.9. The number of pyridine rings is 1. The molecule has 3 N–H and O–H groups in total. The van der Waals surface area contributed by atoms with Gasteiger partial charge in [0.05, 0.1) is 35.6 Å². The van der Waals surface area contributed by atoms with E-state index in [-0.39, 0.29) is 0 Å². The van der Waals surface area contributed by atoms with Gasteiger partial charge in [0, 0.05) is 74.0 Å². The van der Waals surface area contributed by atoms with Crippen molar-refractivity contribution in [2.24, 2.45) is 0 Å². The van der Waals surface area contributed by atoms with Crippen molar-refractivity contribution in [2.75, 3.05) is 82.3 Å². The van der Waals surface area contributed by atoms with Gasteiger partial charge in [-0.25, -0.2) is 0 Å². The third kappa shape index (κ3) is 6.40. The van der Waals surface area contributed by atoms with E-state index in [2.05, 4.69) is 61.4 Å². The first kappa shape index (κ1) is 31.4. The fourth-order valence-electron chi connectivity index (χ4n) is 7.08. The number of ether oxygens (including phenoxy) is 1. The number of aryl methyl sites for hydroxylation is 1. The van der Waals surface area contributed by atoms with Crippen LogP contribution in [0.3, 0.4) is 0 Å². The second kappa shape index (κ2) is 12.8. The minimum absolute atomic E-state index is 0.410. The van der Waals surface area contributed by atoms with Crippen LogP contribution in [0.5, 0.6) is 5.75 Å². The molecule has 2 fully saturated rings. The van der Waals surface area contributed by atoms with Gasteiger partial charge in [-0.2, -0.15) is 9.97 Å². The number of benzene rings is 2. The molecule has 0 bridgehead atoms. The lowest BCUT2D eigenvalue weighted by Crippen LogP contribution is -2.52. The lowest BCUT2D eigenvalue weighted by Gasteiger charge is -2.43. The molecule has 0 unspecified atom stereocenters. The van der Waals surface area contributed by atoms with Gasteiger partial charge in [0.15, 0.2) is 0 Å². The smallest absolute Gasteiger partial charge is 0.231 e. The highest BCUT2D eigenvalue weighted by Crippen LogP contribution is 2.42. The Kier molecular flexibility index (Phi) is 8.55. The molecule has 2 aliphatic rings. The molecule has 0 amide bonds. The summed E-state index contributed by atoms with van der Waals surface area (Å²) in [6.45, 7) is 12.4. The highest BCUT2D eigenvalue weighted by atomic mass is 31.2. The number of likely N-dealkylation sites (N-methyl/N-ethyl adjacent to an activating group) is 1. The molecule has 0 atom stereocenters. The highest BCUT2D eigenvalue weighted by molar-refractivity contribution is 7.71. The average molecular weight is 654 g/mol. The van der Waals surface area contributed by atoms with E-state index in [0.29, 0.717) is 29.1 Å². The summed E-state index contributed by atoms with van der Waals surface area (Å²) >= 11 is 0. The van der Waals surface area contributed by atoms with Crippen LogP contribution < -0.4 is 25.6 Å². The fourth-order valence-corrected chi connectivity index (χ4v) is 8.55. The van der Waals surface area contributed by atoms with Crippen LogP contribution in [0.1, 0.15) is 18.4 Å². The largest absolute Gasteiger partial charge is 0.494 e. The molecule has 47 heavy (non-hydrogen) atoms. The van der Waals surface area contributed by atoms with Crippen LogP contribution in [0, 0.1) is 6.92 Å². The van der Waals surface area contributed by atoms with E-state index in [4.69, 9.17) is 14.7 Å². The molecule has 5 aromatic rings. The number of rotatable bonds is 8. The molecule has 0 aliphatic carbocycles. The third-order valence-corrected chi connectivity index (χ3v) is 11.1. The van der Waals surface area contributed by atoms with Gasteiger partial charge in [-0.05, 0) is 63.9 Å². The van der Waals surface area contributed by atoms with Crippen molar-refractivity contribution in [3.05, 3.63) is 60.4 Å². The van der Waals surface area contributed by atoms with E-state index in [1.807, 2.05) is 36.5 Å². The highest BCUT2D eigenvalue weighted by Gasteiger charge is 2.28. The molecule has 246 valence electrons. The maximum absolute atomic E-state index is 13.6. The van der Waals surface area contributed by atoms with Crippen molar-refractivity contribution in [3.63, 3.8) is 0 Å². The number of nitrogens with one attached hydrogen (secondary N) is 3. The number of piperazine rings is 1. The monoisotopic (exact) mass is 653 g/mol. The number of aromatic amines is 1. The molecule has 0 spiro atoms. The zero-order chi connectivity index (χ0) is 32.7. The number of aromatic nitrogens is 4. The lowest BCUT2D eigenvalue weighted by molar-refractivity contribution is 0.0982. The summed E-state index contributed by atoms with van der Waals surface area (Å²) < 4.78 is 19.5. The van der Waals surface area contributed by atoms with Gasteiger partial charge in [-0.1, -0.05) is 18.2 Å². The minimum atomic E-state index is -2.69. The maximum atomic E-state index is 13.6. The third-order valence-electron chi connectivity index (χ3n) is 9.58. The molecule has 2 aromatic carbocycles. The molecule has 2 aliphatic heterocycles. The standard InChI is InChI=1S/C35H44N9O2P/c1-23-20-28(31(46-3)21-30(23)44-14-11-24(12-15-44)43-18-16-42(2)17-19-43)39-35-40-33-26(10-13-36-33)34(41-35)38-29-22-37-27-9-7-6-8-25(27)32(29)47(4,5)45/h6-10,13,20-22,24H,11-12,14-19H2,1-5H3,(H3,36,38,39,40,41). The van der Waals surface area contributed by atoms with E-state index in [0.717, 1.165) is 59.2 Å². The molecule has 0 radical (unpaired) electrons. The number of hydrogen-bond donors (Lipinski definition) is 3. The van der Waals surface area contributed by atoms with E-state index < -0.39 is 7.14 Å². The quantitative estimate of drug-likeness (QED) is 0.178. The zero-order valence-corrected chi connectivity index (χ0v) is 28.8. The minimum Gasteiger partial charge on any atom is -0.494 e. The number of hydrogen-bond acceptors (Lipinski definition) is 10. The Bertz CT molecular complexity index is 1960. The van der Waals surface area contributed by atoms with Crippen LogP contribution >= 0.6 is 7.14 Å². The van der Waals surface area contributed by atoms with Gasteiger partial charge in [0.25, 0.3) is 0 Å². The molecule has 12 heteroatoms. The number of fused-ring (bicyclic) bond motifs is 2. The summed E-state index contributed by atoms with van der Waals surface area (Å²) in [5.74, 6) is 1.73. The summed E-state index contributed by atoms with van der Waals surface area (Å²) in [5, 5.41) is 9.32. The molecule has 0 saturated carbocycles. The van der Waals surface area contributed by atoms with Gasteiger partial charge in [-0.15, -0.1) is 0 Å². The number of anilines is 5. The summed E-state index contributed by atoms with van der Waals surface area (Å²) in [4.78, 5) is 25.1. The molecular formula is C35H44N9O2P. The topological polar surface area (TPSA) is 115 Å². The first-order chi connectivity index (χ1) is 22.7. The van der Waals surface area contributed by atoms with Crippen molar-refractivity contribution >= 4 is 63.2 Å². The Morgan fingerprint density at radius 1 is 0.936 bits per heavy atom. The number of methoxy groups -OCH3 is 1. The molecule has 7 rings (SSSR count). The Labute approximate surface area is 276 Å². The first-order valence-corrected chi connectivity index (χ1v) is 19.0. The van der Waals surface area contributed by atoms with Gasteiger partial charge in [0.2, 0.25) is 5.95 Å². The van der Waals surface area contributed by atoms with Crippen molar-refractivity contribution in [1.82, 2.24) is 29.7 Å². The molecule has 3 aromatic heterocycles. The Morgan fingerprint density at radius 3 is 2.45 bits per heavy atom. The van der Waals surface area contributed by atoms with E-state index in [9.17, 15) is 4.57 Å². The summed E-state index contributed by atoms with van der Waals surface area (Å²) in [6, 6.07) is 14.6. The number of H-pyrrole nitrogens is 1. The second-order valence-electron chi connectivity index (χ2n) is 13.2. The lowest BCUT2D eigenvalue weighted by atomic mass is 10.0. The van der Waals surface area contributed by atoms with Crippen LogP contribution in [0.25, 0.3) is 21.9 Å². The van der Waals surface area contributed by atoms with E-state index in [1.165, 1.54) is 37.2 Å². The van der Waals surface area contributed by atoms with Crippen LogP contribution in [0.4, 0.5) is 28.8 Å². The Hall–Kier alpha value is -4.18. The molecular weight excluding hydrogens is 609 g/mol. The van der Waals surface area contributed by atoms with Crippen LogP contribution in [-0.4, -0.2) is 103 Å². The van der Waals surface area contributed by atoms with Crippen LogP contribution in [0.15, 0.2) is 54.9 Å². The molecule has 2 saturated heterocycles. The second-order valence-corrected chi connectivity index (χ2v) is 16.3. The maximum Gasteiger partial charge on any atom is 0.231 e. The normalized spacial score (nSPS) is 17.0. The molecule has 11 nitrogen and oxygen atoms in total. The average Bonchev–Trinajstić information content (AvgIpc) is 3.54.